The lowest BCUT2D eigenvalue weighted by Crippen LogP contribution is -2.20. The maximum atomic E-state index is 11.6. The zero-order valence-electron chi connectivity index (χ0n) is 21.3. The Morgan fingerprint density at radius 1 is 1.17 bits per heavy atom. The minimum atomic E-state index is -0.616. The molecule has 1 fully saturated rings. The number of aliphatic hydroxyl groups is 3. The number of ether oxygens (including phenoxy) is 1. The molecule has 1 heterocycles. The van der Waals surface area contributed by atoms with Gasteiger partial charge in [-0.3, -0.25) is 4.79 Å². The number of esters is 1. The van der Waals surface area contributed by atoms with Crippen LogP contribution in [0.25, 0.3) is 10.4 Å². The van der Waals surface area contributed by atoms with Gasteiger partial charge in [0.15, 0.2) is 0 Å². The molecule has 36 heavy (non-hydrogen) atoms. The van der Waals surface area contributed by atoms with Gasteiger partial charge in [0.25, 0.3) is 0 Å². The zero-order chi connectivity index (χ0) is 25.9. The maximum Gasteiger partial charge on any atom is 0.306 e. The predicted molar refractivity (Wildman–Crippen MR) is 146 cm³/mol. The molecule has 0 aliphatic heterocycles. The van der Waals surface area contributed by atoms with Crippen LogP contribution in [0.1, 0.15) is 57.9 Å². The summed E-state index contributed by atoms with van der Waals surface area (Å²) in [5.41, 5.74) is 2.38. The highest BCUT2D eigenvalue weighted by Crippen LogP contribution is 2.36. The minimum Gasteiger partial charge on any atom is -0.463 e. The number of thiophene rings is 1. The SMILES string of the molecule is CC(C)OC(=O)CCC/C=C\C[C@@H]1[C@@H](/C=C/C(O)CCc2cccc(-c3cccs3)c2)[C@H](O)C[C@@H]1O. The molecule has 1 aliphatic rings. The first kappa shape index (κ1) is 28.3. The van der Waals surface area contributed by atoms with Crippen molar-refractivity contribution in [3.8, 4) is 10.4 Å². The van der Waals surface area contributed by atoms with Crippen LogP contribution < -0.4 is 0 Å². The van der Waals surface area contributed by atoms with Crippen LogP contribution in [0.2, 0.25) is 0 Å². The highest BCUT2D eigenvalue weighted by atomic mass is 32.1. The van der Waals surface area contributed by atoms with Gasteiger partial charge in [0.2, 0.25) is 0 Å². The second-order valence-corrected chi connectivity index (χ2v) is 10.9. The summed E-state index contributed by atoms with van der Waals surface area (Å²) in [7, 11) is 0. The molecule has 1 aliphatic carbocycles. The van der Waals surface area contributed by atoms with Crippen molar-refractivity contribution in [2.75, 3.05) is 0 Å². The van der Waals surface area contributed by atoms with Gasteiger partial charge < -0.3 is 20.1 Å². The second kappa shape index (κ2) is 14.5. The molecular formula is C30H40O5S. The van der Waals surface area contributed by atoms with Crippen molar-refractivity contribution < 1.29 is 24.9 Å². The van der Waals surface area contributed by atoms with E-state index in [1.807, 2.05) is 38.1 Å². The topological polar surface area (TPSA) is 87.0 Å². The van der Waals surface area contributed by atoms with Gasteiger partial charge in [-0.2, -0.15) is 0 Å². The summed E-state index contributed by atoms with van der Waals surface area (Å²) in [5.74, 6) is -0.456. The van der Waals surface area contributed by atoms with E-state index in [2.05, 4.69) is 35.7 Å². The molecule has 196 valence electrons. The van der Waals surface area contributed by atoms with Gasteiger partial charge >= 0.3 is 5.97 Å². The van der Waals surface area contributed by atoms with Crippen LogP contribution in [-0.2, 0) is 16.0 Å². The largest absolute Gasteiger partial charge is 0.463 e. The van der Waals surface area contributed by atoms with E-state index in [1.165, 1.54) is 16.0 Å². The molecule has 2 aromatic rings. The fourth-order valence-electron chi connectivity index (χ4n) is 4.75. The Morgan fingerprint density at radius 3 is 2.75 bits per heavy atom. The zero-order valence-corrected chi connectivity index (χ0v) is 22.1. The molecule has 3 N–H and O–H groups in total. The van der Waals surface area contributed by atoms with Crippen molar-refractivity contribution >= 4 is 17.3 Å². The number of hydrogen-bond acceptors (Lipinski definition) is 6. The van der Waals surface area contributed by atoms with Crippen molar-refractivity contribution in [2.45, 2.75) is 83.2 Å². The van der Waals surface area contributed by atoms with Crippen LogP contribution in [0.4, 0.5) is 0 Å². The van der Waals surface area contributed by atoms with Crippen molar-refractivity contribution in [3.63, 3.8) is 0 Å². The standard InChI is InChI=1S/C30H40O5S/c1-21(2)35-30(34)13-6-4-3-5-11-25-26(28(33)20-27(25)32)17-16-24(31)15-14-22-9-7-10-23(19-22)29-12-8-18-36-29/h3,5,7-10,12,16-19,21,24-28,31-33H,4,6,11,13-15,20H2,1-2H3/b5-3-,17-16+/t24?,25-,26-,27+,28-/m1/s1. The molecule has 0 saturated heterocycles. The number of carbonyl (C=O) groups excluding carboxylic acids is 1. The predicted octanol–water partition coefficient (Wildman–Crippen LogP) is 5.69. The smallest absolute Gasteiger partial charge is 0.306 e. The Balaban J connectivity index is 1.45. The third kappa shape index (κ3) is 9.00. The summed E-state index contributed by atoms with van der Waals surface area (Å²) in [6.07, 6.45) is 10.1. The number of rotatable bonds is 13. The van der Waals surface area contributed by atoms with Crippen molar-refractivity contribution in [1.29, 1.82) is 0 Å². The van der Waals surface area contributed by atoms with E-state index in [-0.39, 0.29) is 23.9 Å². The molecule has 5 nitrogen and oxygen atoms in total. The molecular weight excluding hydrogens is 472 g/mol. The molecule has 5 atom stereocenters. The highest BCUT2D eigenvalue weighted by Gasteiger charge is 2.39. The van der Waals surface area contributed by atoms with E-state index in [0.717, 1.165) is 19.3 Å². The van der Waals surface area contributed by atoms with Gasteiger partial charge in [-0.25, -0.2) is 0 Å². The molecule has 1 unspecified atom stereocenters. The number of allylic oxidation sites excluding steroid dienone is 2. The number of benzene rings is 1. The lowest BCUT2D eigenvalue weighted by Gasteiger charge is -2.19. The van der Waals surface area contributed by atoms with E-state index in [9.17, 15) is 20.1 Å². The summed E-state index contributed by atoms with van der Waals surface area (Å²) in [6, 6.07) is 12.6. The van der Waals surface area contributed by atoms with Crippen LogP contribution in [0.15, 0.2) is 66.1 Å². The molecule has 0 radical (unpaired) electrons. The van der Waals surface area contributed by atoms with Gasteiger partial charge in [0.1, 0.15) is 0 Å². The van der Waals surface area contributed by atoms with Crippen LogP contribution in [0, 0.1) is 11.8 Å². The summed E-state index contributed by atoms with van der Waals surface area (Å²) < 4.78 is 5.14. The summed E-state index contributed by atoms with van der Waals surface area (Å²) in [6.45, 7) is 3.68. The molecule has 0 bridgehead atoms. The first-order chi connectivity index (χ1) is 17.3. The summed E-state index contributed by atoms with van der Waals surface area (Å²) >= 11 is 1.72. The molecule has 3 rings (SSSR count). The van der Waals surface area contributed by atoms with Crippen LogP contribution in [-0.4, -0.2) is 45.7 Å². The summed E-state index contributed by atoms with van der Waals surface area (Å²) in [4.78, 5) is 12.8. The molecule has 1 aromatic heterocycles. The average molecular weight is 513 g/mol. The number of aryl methyl sites for hydroxylation is 1. The third-order valence-electron chi connectivity index (χ3n) is 6.63. The van der Waals surface area contributed by atoms with Gasteiger partial charge in [-0.15, -0.1) is 11.3 Å². The Kier molecular flexibility index (Phi) is 11.4. The third-order valence-corrected chi connectivity index (χ3v) is 7.55. The van der Waals surface area contributed by atoms with Crippen molar-refractivity contribution in [3.05, 3.63) is 71.6 Å². The lowest BCUT2D eigenvalue weighted by atomic mass is 9.89. The van der Waals surface area contributed by atoms with Crippen LogP contribution in [0.3, 0.4) is 0 Å². The van der Waals surface area contributed by atoms with Crippen molar-refractivity contribution in [2.24, 2.45) is 11.8 Å². The molecule has 0 amide bonds. The number of carbonyl (C=O) groups is 1. The fraction of sp³-hybridized carbons (Fsp3) is 0.500. The van der Waals surface area contributed by atoms with Gasteiger partial charge in [-0.05, 0) is 74.4 Å². The van der Waals surface area contributed by atoms with Gasteiger partial charge in [-0.1, -0.05) is 54.6 Å². The molecule has 6 heteroatoms. The van der Waals surface area contributed by atoms with E-state index in [4.69, 9.17) is 4.74 Å². The van der Waals surface area contributed by atoms with Crippen LogP contribution >= 0.6 is 11.3 Å². The minimum absolute atomic E-state index is 0.0885. The average Bonchev–Trinajstić information content (AvgIpc) is 3.46. The second-order valence-electron chi connectivity index (χ2n) is 9.92. The molecule has 1 aromatic carbocycles. The quantitative estimate of drug-likeness (QED) is 0.182. The van der Waals surface area contributed by atoms with E-state index < -0.39 is 18.3 Å². The number of unbranched alkanes of at least 4 members (excludes halogenated alkanes) is 1. The normalized spacial score (nSPS) is 23.2. The maximum absolute atomic E-state index is 11.6. The first-order valence-electron chi connectivity index (χ1n) is 13.0. The lowest BCUT2D eigenvalue weighted by molar-refractivity contribution is -0.147. The van der Waals surface area contributed by atoms with Gasteiger partial charge in [0.05, 0.1) is 24.4 Å². The van der Waals surface area contributed by atoms with Gasteiger partial charge in [0, 0.05) is 23.6 Å². The first-order valence-corrected chi connectivity index (χ1v) is 13.9. The molecule has 1 saturated carbocycles. The number of aliphatic hydroxyl groups excluding tert-OH is 3. The monoisotopic (exact) mass is 512 g/mol. The summed E-state index contributed by atoms with van der Waals surface area (Å²) in [5, 5.41) is 33.6. The van der Waals surface area contributed by atoms with Crippen molar-refractivity contribution in [1.82, 2.24) is 0 Å². The van der Waals surface area contributed by atoms with E-state index >= 15 is 0 Å². The van der Waals surface area contributed by atoms with E-state index in [0.29, 0.717) is 25.7 Å². The fourth-order valence-corrected chi connectivity index (χ4v) is 5.48. The Bertz CT molecular complexity index is 981. The Labute approximate surface area is 219 Å². The molecule has 0 spiro atoms. The Morgan fingerprint density at radius 2 is 2.00 bits per heavy atom. The van der Waals surface area contributed by atoms with E-state index in [1.54, 1.807) is 17.4 Å². The highest BCUT2D eigenvalue weighted by molar-refractivity contribution is 7.13. The number of hydrogen-bond donors (Lipinski definition) is 3. The Hall–Kier alpha value is -2.25. The van der Waals surface area contributed by atoms with Crippen LogP contribution in [0.5, 0.6) is 0 Å².